The highest BCUT2D eigenvalue weighted by Crippen LogP contribution is 2.19. The molecule has 0 saturated carbocycles. The standard InChI is InChI=1S/C8H8Cl2O/c1-6-4-2-3-5-7(6)11-8(9)10/h2-5,8H,1H3. The summed E-state index contributed by atoms with van der Waals surface area (Å²) < 4.78 is 5.08. The van der Waals surface area contributed by atoms with Gasteiger partial charge in [-0.2, -0.15) is 0 Å². The fraction of sp³-hybridized carbons (Fsp3) is 0.250. The van der Waals surface area contributed by atoms with Crippen LogP contribution >= 0.6 is 23.2 Å². The number of para-hydroxylation sites is 1. The minimum atomic E-state index is -0.795. The molecule has 0 aliphatic carbocycles. The third-order valence-electron chi connectivity index (χ3n) is 1.31. The van der Waals surface area contributed by atoms with Gasteiger partial charge in [0.15, 0.2) is 0 Å². The number of aryl methyl sites for hydroxylation is 1. The Kier molecular flexibility index (Phi) is 3.03. The molecule has 0 aliphatic rings. The van der Waals surface area contributed by atoms with Crippen molar-refractivity contribution in [3.05, 3.63) is 29.8 Å². The maximum Gasteiger partial charge on any atom is 0.247 e. The summed E-state index contributed by atoms with van der Waals surface area (Å²) in [4.78, 5) is 0. The summed E-state index contributed by atoms with van der Waals surface area (Å²) in [5.41, 5.74) is 1.03. The van der Waals surface area contributed by atoms with Crippen molar-refractivity contribution >= 4 is 23.2 Å². The summed E-state index contributed by atoms with van der Waals surface area (Å²) in [6.07, 6.45) is 0. The van der Waals surface area contributed by atoms with Crippen LogP contribution in [0.3, 0.4) is 0 Å². The minimum absolute atomic E-state index is 0.725. The minimum Gasteiger partial charge on any atom is -0.460 e. The average molecular weight is 191 g/mol. The number of ether oxygens (including phenoxy) is 1. The first kappa shape index (κ1) is 8.69. The Hall–Kier alpha value is -0.400. The van der Waals surface area contributed by atoms with Gasteiger partial charge in [0, 0.05) is 0 Å². The van der Waals surface area contributed by atoms with E-state index in [1.165, 1.54) is 0 Å². The fourth-order valence-corrected chi connectivity index (χ4v) is 0.977. The van der Waals surface area contributed by atoms with Crippen LogP contribution in [-0.4, -0.2) is 5.02 Å². The molecule has 0 aliphatic heterocycles. The molecule has 60 valence electrons. The van der Waals surface area contributed by atoms with E-state index in [1.54, 1.807) is 0 Å². The van der Waals surface area contributed by atoms with Gasteiger partial charge in [-0.3, -0.25) is 0 Å². The molecule has 3 heteroatoms. The molecule has 0 radical (unpaired) electrons. The molecule has 0 amide bonds. The first-order valence-electron chi connectivity index (χ1n) is 3.20. The lowest BCUT2D eigenvalue weighted by Gasteiger charge is -2.07. The molecule has 0 saturated heterocycles. The fourth-order valence-electron chi connectivity index (χ4n) is 0.785. The van der Waals surface area contributed by atoms with E-state index < -0.39 is 5.02 Å². The number of alkyl halides is 2. The number of benzene rings is 1. The van der Waals surface area contributed by atoms with E-state index in [0.29, 0.717) is 0 Å². The molecular formula is C8H8Cl2O. The van der Waals surface area contributed by atoms with Gasteiger partial charge in [-0.15, -0.1) is 0 Å². The Morgan fingerprint density at radius 3 is 2.45 bits per heavy atom. The maximum atomic E-state index is 5.43. The second-order valence-corrected chi connectivity index (χ2v) is 3.16. The van der Waals surface area contributed by atoms with E-state index in [2.05, 4.69) is 0 Å². The van der Waals surface area contributed by atoms with Crippen LogP contribution in [-0.2, 0) is 0 Å². The molecule has 0 spiro atoms. The molecule has 1 rings (SSSR count). The molecule has 1 aromatic rings. The molecule has 11 heavy (non-hydrogen) atoms. The quantitative estimate of drug-likeness (QED) is 0.652. The molecule has 0 fully saturated rings. The Morgan fingerprint density at radius 1 is 1.27 bits per heavy atom. The highest BCUT2D eigenvalue weighted by Gasteiger charge is 2.01. The van der Waals surface area contributed by atoms with Gasteiger partial charge in [-0.1, -0.05) is 41.4 Å². The van der Waals surface area contributed by atoms with Crippen molar-refractivity contribution in [1.29, 1.82) is 0 Å². The van der Waals surface area contributed by atoms with Gasteiger partial charge >= 0.3 is 0 Å². The van der Waals surface area contributed by atoms with Gasteiger partial charge in [-0.25, -0.2) is 0 Å². The van der Waals surface area contributed by atoms with Crippen molar-refractivity contribution in [3.8, 4) is 5.75 Å². The second kappa shape index (κ2) is 3.84. The maximum absolute atomic E-state index is 5.43. The molecule has 0 atom stereocenters. The van der Waals surface area contributed by atoms with Crippen molar-refractivity contribution in [2.45, 2.75) is 11.9 Å². The van der Waals surface area contributed by atoms with Crippen LogP contribution in [0.5, 0.6) is 5.75 Å². The Balaban J connectivity index is 2.78. The SMILES string of the molecule is Cc1ccccc1OC(Cl)Cl. The van der Waals surface area contributed by atoms with Crippen molar-refractivity contribution in [2.75, 3.05) is 0 Å². The number of halogens is 2. The zero-order valence-electron chi connectivity index (χ0n) is 6.05. The third-order valence-corrected chi connectivity index (χ3v) is 1.49. The van der Waals surface area contributed by atoms with Crippen LogP contribution in [0.4, 0.5) is 0 Å². The first-order valence-corrected chi connectivity index (χ1v) is 4.08. The highest BCUT2D eigenvalue weighted by molar-refractivity contribution is 6.43. The molecule has 0 aromatic heterocycles. The van der Waals surface area contributed by atoms with Gasteiger partial charge in [0.25, 0.3) is 0 Å². The smallest absolute Gasteiger partial charge is 0.247 e. The van der Waals surface area contributed by atoms with Gasteiger partial charge in [0.1, 0.15) is 5.75 Å². The van der Waals surface area contributed by atoms with E-state index in [9.17, 15) is 0 Å². The van der Waals surface area contributed by atoms with Gasteiger partial charge in [0.05, 0.1) is 0 Å². The summed E-state index contributed by atoms with van der Waals surface area (Å²) in [6, 6.07) is 7.57. The average Bonchev–Trinajstić information content (AvgIpc) is 1.93. The lowest BCUT2D eigenvalue weighted by atomic mass is 10.2. The van der Waals surface area contributed by atoms with Crippen LogP contribution in [0, 0.1) is 6.92 Å². The summed E-state index contributed by atoms with van der Waals surface area (Å²) in [6.45, 7) is 1.94. The van der Waals surface area contributed by atoms with Crippen LogP contribution in [0.15, 0.2) is 24.3 Å². The molecule has 0 heterocycles. The van der Waals surface area contributed by atoms with Crippen molar-refractivity contribution < 1.29 is 4.74 Å². The van der Waals surface area contributed by atoms with E-state index in [-0.39, 0.29) is 0 Å². The predicted molar refractivity (Wildman–Crippen MR) is 47.3 cm³/mol. The molecule has 0 unspecified atom stereocenters. The summed E-state index contributed by atoms with van der Waals surface area (Å²) in [5.74, 6) is 0.725. The molecule has 1 nitrogen and oxygen atoms in total. The van der Waals surface area contributed by atoms with E-state index in [0.717, 1.165) is 11.3 Å². The summed E-state index contributed by atoms with van der Waals surface area (Å²) in [5, 5.41) is -0.795. The summed E-state index contributed by atoms with van der Waals surface area (Å²) >= 11 is 10.9. The Labute approximate surface area is 75.9 Å². The molecule has 0 N–H and O–H groups in total. The lowest BCUT2D eigenvalue weighted by molar-refractivity contribution is 0.352. The normalized spacial score (nSPS) is 10.2. The first-order chi connectivity index (χ1) is 5.20. The van der Waals surface area contributed by atoms with Crippen molar-refractivity contribution in [1.82, 2.24) is 0 Å². The lowest BCUT2D eigenvalue weighted by Crippen LogP contribution is -2.00. The van der Waals surface area contributed by atoms with E-state index in [4.69, 9.17) is 27.9 Å². The van der Waals surface area contributed by atoms with Crippen molar-refractivity contribution in [3.63, 3.8) is 0 Å². The van der Waals surface area contributed by atoms with Crippen LogP contribution < -0.4 is 4.74 Å². The van der Waals surface area contributed by atoms with Gasteiger partial charge in [-0.05, 0) is 18.6 Å². The summed E-state index contributed by atoms with van der Waals surface area (Å²) in [7, 11) is 0. The zero-order valence-corrected chi connectivity index (χ0v) is 7.56. The van der Waals surface area contributed by atoms with Gasteiger partial charge in [0.2, 0.25) is 5.02 Å². The largest absolute Gasteiger partial charge is 0.460 e. The Bertz CT molecular complexity index is 235. The zero-order chi connectivity index (χ0) is 8.27. The highest BCUT2D eigenvalue weighted by atomic mass is 35.5. The van der Waals surface area contributed by atoms with Crippen LogP contribution in [0.2, 0.25) is 0 Å². The van der Waals surface area contributed by atoms with Crippen LogP contribution in [0.25, 0.3) is 0 Å². The van der Waals surface area contributed by atoms with Crippen LogP contribution in [0.1, 0.15) is 5.56 Å². The number of hydrogen-bond acceptors (Lipinski definition) is 1. The van der Waals surface area contributed by atoms with E-state index >= 15 is 0 Å². The molecule has 0 bridgehead atoms. The second-order valence-electron chi connectivity index (χ2n) is 2.14. The third kappa shape index (κ3) is 2.60. The number of hydrogen-bond donors (Lipinski definition) is 0. The molecular weight excluding hydrogens is 183 g/mol. The number of rotatable bonds is 2. The van der Waals surface area contributed by atoms with Crippen molar-refractivity contribution in [2.24, 2.45) is 0 Å². The van der Waals surface area contributed by atoms with E-state index in [1.807, 2.05) is 31.2 Å². The topological polar surface area (TPSA) is 9.23 Å². The Morgan fingerprint density at radius 2 is 1.91 bits per heavy atom. The van der Waals surface area contributed by atoms with Gasteiger partial charge < -0.3 is 4.74 Å². The molecule has 1 aromatic carbocycles. The monoisotopic (exact) mass is 190 g/mol. The predicted octanol–water partition coefficient (Wildman–Crippen LogP) is 3.14.